The number of aryl methyl sites for hydroxylation is 1. The average molecular weight is 231 g/mol. The first-order valence-electron chi connectivity index (χ1n) is 5.48. The first-order chi connectivity index (χ1) is 8.22. The second kappa shape index (κ2) is 4.82. The molecule has 0 radical (unpaired) electrons. The van der Waals surface area contributed by atoms with E-state index in [0.29, 0.717) is 12.1 Å². The molecule has 0 fully saturated rings. The molecule has 4 nitrogen and oxygen atoms in total. The largest absolute Gasteiger partial charge is 0.478 e. The molecule has 4 heteroatoms. The molecule has 0 aliphatic heterocycles. The first-order valence-corrected chi connectivity index (χ1v) is 5.48. The Bertz CT molecular complexity index is 517. The van der Waals surface area contributed by atoms with Crippen molar-refractivity contribution in [2.75, 3.05) is 0 Å². The van der Waals surface area contributed by atoms with Crippen molar-refractivity contribution >= 4 is 5.97 Å². The van der Waals surface area contributed by atoms with Crippen molar-refractivity contribution in [2.45, 2.75) is 19.8 Å². The molecule has 0 aliphatic carbocycles. The van der Waals surface area contributed by atoms with Crippen LogP contribution in [0.1, 0.15) is 29.4 Å². The van der Waals surface area contributed by atoms with Crippen molar-refractivity contribution in [1.29, 1.82) is 0 Å². The Morgan fingerprint density at radius 2 is 2.24 bits per heavy atom. The third-order valence-electron chi connectivity index (χ3n) is 2.51. The summed E-state index contributed by atoms with van der Waals surface area (Å²) < 4.78 is 4.99. The Hall–Kier alpha value is -2.10. The highest BCUT2D eigenvalue weighted by Crippen LogP contribution is 2.20. The highest BCUT2D eigenvalue weighted by Gasteiger charge is 2.12. The number of hydrogen-bond acceptors (Lipinski definition) is 3. The van der Waals surface area contributed by atoms with E-state index >= 15 is 0 Å². The van der Waals surface area contributed by atoms with Crippen LogP contribution < -0.4 is 0 Å². The van der Waals surface area contributed by atoms with Gasteiger partial charge < -0.3 is 9.52 Å². The summed E-state index contributed by atoms with van der Waals surface area (Å²) in [5.41, 5.74) is 2.50. The molecule has 0 amide bonds. The van der Waals surface area contributed by atoms with Gasteiger partial charge >= 0.3 is 5.97 Å². The standard InChI is InChI=1S/C13H13NO3/c1-2-3-12-10(13(15)16)4-5-11(14-12)9-6-7-17-8-9/h4-8H,2-3H2,1H3,(H,15,16). The number of nitrogens with zero attached hydrogens (tertiary/aromatic N) is 1. The van der Waals surface area contributed by atoms with Gasteiger partial charge in [-0.1, -0.05) is 13.3 Å². The van der Waals surface area contributed by atoms with E-state index < -0.39 is 5.97 Å². The maximum atomic E-state index is 11.0. The predicted molar refractivity (Wildman–Crippen MR) is 62.9 cm³/mol. The van der Waals surface area contributed by atoms with Crippen molar-refractivity contribution in [3.05, 3.63) is 42.0 Å². The number of hydrogen-bond donors (Lipinski definition) is 1. The number of aromatic carboxylic acids is 1. The molecule has 2 aromatic heterocycles. The van der Waals surface area contributed by atoms with Gasteiger partial charge in [-0.3, -0.25) is 4.98 Å². The number of aromatic nitrogens is 1. The van der Waals surface area contributed by atoms with Gasteiger partial charge in [0.05, 0.1) is 29.5 Å². The van der Waals surface area contributed by atoms with Gasteiger partial charge in [0, 0.05) is 5.56 Å². The molecule has 0 unspecified atom stereocenters. The van der Waals surface area contributed by atoms with Crippen molar-refractivity contribution < 1.29 is 14.3 Å². The van der Waals surface area contributed by atoms with E-state index in [-0.39, 0.29) is 5.56 Å². The van der Waals surface area contributed by atoms with Crippen LogP contribution >= 0.6 is 0 Å². The summed E-state index contributed by atoms with van der Waals surface area (Å²) >= 11 is 0. The molecule has 0 aliphatic rings. The zero-order chi connectivity index (χ0) is 12.3. The van der Waals surface area contributed by atoms with Crippen molar-refractivity contribution in [1.82, 2.24) is 4.98 Å². The second-order valence-corrected chi connectivity index (χ2v) is 3.76. The summed E-state index contributed by atoms with van der Waals surface area (Å²) in [6, 6.07) is 5.11. The fourth-order valence-electron chi connectivity index (χ4n) is 1.69. The van der Waals surface area contributed by atoms with Gasteiger partial charge in [-0.05, 0) is 24.6 Å². The van der Waals surface area contributed by atoms with E-state index in [4.69, 9.17) is 9.52 Å². The van der Waals surface area contributed by atoms with Gasteiger partial charge in [0.1, 0.15) is 0 Å². The van der Waals surface area contributed by atoms with Crippen molar-refractivity contribution in [3.63, 3.8) is 0 Å². The summed E-state index contributed by atoms with van der Waals surface area (Å²) in [4.78, 5) is 15.4. The first kappa shape index (κ1) is 11.4. The highest BCUT2D eigenvalue weighted by atomic mass is 16.4. The van der Waals surface area contributed by atoms with E-state index in [9.17, 15) is 4.79 Å². The topological polar surface area (TPSA) is 63.3 Å². The monoisotopic (exact) mass is 231 g/mol. The number of carboxylic acid groups (broad SMARTS) is 1. The van der Waals surface area contributed by atoms with Crippen LogP contribution in [0, 0.1) is 0 Å². The molecule has 0 saturated carbocycles. The van der Waals surface area contributed by atoms with Gasteiger partial charge in [0.2, 0.25) is 0 Å². The third-order valence-corrected chi connectivity index (χ3v) is 2.51. The average Bonchev–Trinajstić information content (AvgIpc) is 2.82. The molecule has 88 valence electrons. The Labute approximate surface area is 98.9 Å². The molecule has 1 N–H and O–H groups in total. The molecule has 2 aromatic rings. The fraction of sp³-hybridized carbons (Fsp3) is 0.231. The van der Waals surface area contributed by atoms with Gasteiger partial charge in [-0.15, -0.1) is 0 Å². The Balaban J connectivity index is 2.45. The number of carbonyl (C=O) groups is 1. The SMILES string of the molecule is CCCc1nc(-c2ccoc2)ccc1C(=O)O. The number of pyridine rings is 1. The molecular weight excluding hydrogens is 218 g/mol. The molecule has 0 atom stereocenters. The minimum atomic E-state index is -0.931. The molecule has 2 heterocycles. The maximum absolute atomic E-state index is 11.0. The van der Waals surface area contributed by atoms with E-state index in [1.165, 1.54) is 0 Å². The molecule has 0 spiro atoms. The van der Waals surface area contributed by atoms with E-state index in [0.717, 1.165) is 17.7 Å². The number of furan rings is 1. The Morgan fingerprint density at radius 3 is 2.82 bits per heavy atom. The lowest BCUT2D eigenvalue weighted by Crippen LogP contribution is -2.05. The smallest absolute Gasteiger partial charge is 0.337 e. The zero-order valence-electron chi connectivity index (χ0n) is 9.51. The van der Waals surface area contributed by atoms with Crippen LogP contribution in [0.3, 0.4) is 0 Å². The molecular formula is C13H13NO3. The molecule has 0 aromatic carbocycles. The van der Waals surface area contributed by atoms with Crippen LogP contribution in [0.4, 0.5) is 0 Å². The fourth-order valence-corrected chi connectivity index (χ4v) is 1.69. The van der Waals surface area contributed by atoms with Gasteiger partial charge in [0.25, 0.3) is 0 Å². The van der Waals surface area contributed by atoms with Crippen LogP contribution in [0.15, 0.2) is 35.1 Å². The third kappa shape index (κ3) is 2.36. The quantitative estimate of drug-likeness (QED) is 0.878. The number of carboxylic acids is 1. The minimum Gasteiger partial charge on any atom is -0.478 e. The Morgan fingerprint density at radius 1 is 1.41 bits per heavy atom. The number of rotatable bonds is 4. The van der Waals surface area contributed by atoms with Crippen LogP contribution in [0.2, 0.25) is 0 Å². The van der Waals surface area contributed by atoms with Gasteiger partial charge in [0.15, 0.2) is 0 Å². The molecule has 17 heavy (non-hydrogen) atoms. The molecule has 0 bridgehead atoms. The lowest BCUT2D eigenvalue weighted by molar-refractivity contribution is 0.0695. The van der Waals surface area contributed by atoms with E-state index in [1.54, 1.807) is 30.7 Å². The highest BCUT2D eigenvalue weighted by molar-refractivity contribution is 5.89. The molecule has 0 saturated heterocycles. The predicted octanol–water partition coefficient (Wildman–Crippen LogP) is 2.99. The Kier molecular flexibility index (Phi) is 3.23. The van der Waals surface area contributed by atoms with Crippen LogP contribution in [-0.2, 0) is 6.42 Å². The van der Waals surface area contributed by atoms with Crippen LogP contribution in [-0.4, -0.2) is 16.1 Å². The second-order valence-electron chi connectivity index (χ2n) is 3.76. The minimum absolute atomic E-state index is 0.277. The van der Waals surface area contributed by atoms with Crippen molar-refractivity contribution in [3.8, 4) is 11.3 Å². The summed E-state index contributed by atoms with van der Waals surface area (Å²) in [6.45, 7) is 2.00. The maximum Gasteiger partial charge on any atom is 0.337 e. The molecule has 2 rings (SSSR count). The lowest BCUT2D eigenvalue weighted by Gasteiger charge is -2.06. The summed E-state index contributed by atoms with van der Waals surface area (Å²) in [5.74, 6) is -0.931. The summed E-state index contributed by atoms with van der Waals surface area (Å²) in [7, 11) is 0. The van der Waals surface area contributed by atoms with E-state index in [2.05, 4.69) is 4.98 Å². The lowest BCUT2D eigenvalue weighted by atomic mass is 10.1. The summed E-state index contributed by atoms with van der Waals surface area (Å²) in [6.07, 6.45) is 4.69. The van der Waals surface area contributed by atoms with Crippen LogP contribution in [0.5, 0.6) is 0 Å². The van der Waals surface area contributed by atoms with E-state index in [1.807, 2.05) is 6.92 Å². The van der Waals surface area contributed by atoms with Crippen LogP contribution in [0.25, 0.3) is 11.3 Å². The summed E-state index contributed by atoms with van der Waals surface area (Å²) in [5, 5.41) is 9.06. The van der Waals surface area contributed by atoms with Crippen molar-refractivity contribution in [2.24, 2.45) is 0 Å². The van der Waals surface area contributed by atoms with Gasteiger partial charge in [-0.2, -0.15) is 0 Å². The zero-order valence-corrected chi connectivity index (χ0v) is 9.51. The normalized spacial score (nSPS) is 10.4. The van der Waals surface area contributed by atoms with Gasteiger partial charge in [-0.25, -0.2) is 4.79 Å².